The fraction of sp³-hybridized carbons (Fsp3) is 0.647. The van der Waals surface area contributed by atoms with Gasteiger partial charge in [-0.25, -0.2) is 0 Å². The molecule has 0 spiro atoms. The summed E-state index contributed by atoms with van der Waals surface area (Å²) < 4.78 is 5.75. The van der Waals surface area contributed by atoms with Crippen LogP contribution in [0.2, 0.25) is 0 Å². The van der Waals surface area contributed by atoms with Crippen LogP contribution < -0.4 is 10.1 Å². The Kier molecular flexibility index (Phi) is 8.35. The van der Waals surface area contributed by atoms with Gasteiger partial charge in [-0.3, -0.25) is 0 Å². The monoisotopic (exact) mass is 293 g/mol. The van der Waals surface area contributed by atoms with Crippen LogP contribution in [0, 0.1) is 0 Å². The molecular weight excluding hydrogens is 262 g/mol. The molecule has 0 saturated heterocycles. The van der Waals surface area contributed by atoms with Crippen molar-refractivity contribution in [2.24, 2.45) is 0 Å². The topological polar surface area (TPSA) is 27.7 Å². The Morgan fingerprint density at radius 1 is 1.14 bits per heavy atom. The quantitative estimate of drug-likeness (QED) is 0.716. The third kappa shape index (κ3) is 6.46. The molecule has 4 nitrogen and oxygen atoms in total. The van der Waals surface area contributed by atoms with E-state index in [0.717, 1.165) is 25.4 Å². The summed E-state index contributed by atoms with van der Waals surface area (Å²) in [5, 5.41) is 3.42. The van der Waals surface area contributed by atoms with Gasteiger partial charge in [-0.15, -0.1) is 0 Å². The number of nitrogens with zero attached hydrogens (tertiary/aromatic N) is 2. The normalized spacial score (nSPS) is 12.9. The van der Waals surface area contributed by atoms with Gasteiger partial charge in [0.2, 0.25) is 0 Å². The van der Waals surface area contributed by atoms with E-state index in [2.05, 4.69) is 54.5 Å². The first-order valence-electron chi connectivity index (χ1n) is 7.80. The van der Waals surface area contributed by atoms with Crippen LogP contribution in [0.15, 0.2) is 24.3 Å². The zero-order chi connectivity index (χ0) is 15.7. The lowest BCUT2D eigenvalue weighted by atomic mass is 10.1. The van der Waals surface area contributed by atoms with Crippen molar-refractivity contribution in [3.05, 3.63) is 29.8 Å². The molecule has 0 heterocycles. The van der Waals surface area contributed by atoms with Crippen LogP contribution in [0.1, 0.15) is 24.9 Å². The van der Waals surface area contributed by atoms with Gasteiger partial charge in [0.1, 0.15) is 5.75 Å². The Morgan fingerprint density at radius 2 is 1.86 bits per heavy atom. The Hall–Kier alpha value is -1.10. The van der Waals surface area contributed by atoms with E-state index in [0.29, 0.717) is 6.61 Å². The highest BCUT2D eigenvalue weighted by Gasteiger charge is 2.16. The summed E-state index contributed by atoms with van der Waals surface area (Å²) in [7, 11) is 8.44. The third-order valence-electron chi connectivity index (χ3n) is 3.58. The van der Waals surface area contributed by atoms with Crippen molar-refractivity contribution >= 4 is 0 Å². The highest BCUT2D eigenvalue weighted by molar-refractivity contribution is 5.36. The van der Waals surface area contributed by atoms with Crippen molar-refractivity contribution in [1.29, 1.82) is 0 Å². The number of rotatable bonds is 10. The van der Waals surface area contributed by atoms with E-state index in [1.807, 2.05) is 20.0 Å². The fourth-order valence-corrected chi connectivity index (χ4v) is 2.46. The largest absolute Gasteiger partial charge is 0.494 e. The second-order valence-corrected chi connectivity index (χ2v) is 5.73. The average molecular weight is 293 g/mol. The van der Waals surface area contributed by atoms with Crippen molar-refractivity contribution in [2.45, 2.75) is 19.4 Å². The van der Waals surface area contributed by atoms with E-state index >= 15 is 0 Å². The summed E-state index contributed by atoms with van der Waals surface area (Å²) >= 11 is 0. The van der Waals surface area contributed by atoms with E-state index in [1.165, 1.54) is 12.0 Å². The minimum absolute atomic E-state index is 0.289. The van der Waals surface area contributed by atoms with Crippen molar-refractivity contribution in [3.8, 4) is 5.75 Å². The molecule has 120 valence electrons. The minimum atomic E-state index is 0.289. The highest BCUT2D eigenvalue weighted by atomic mass is 16.5. The fourth-order valence-electron chi connectivity index (χ4n) is 2.46. The van der Waals surface area contributed by atoms with E-state index in [-0.39, 0.29) is 6.04 Å². The number of benzene rings is 1. The Balaban J connectivity index is 2.61. The number of hydrogen-bond donors (Lipinski definition) is 1. The molecule has 1 aromatic carbocycles. The minimum Gasteiger partial charge on any atom is -0.494 e. The number of nitrogens with one attached hydrogen (secondary N) is 1. The number of likely N-dealkylation sites (N-methyl/N-ethyl adjacent to an activating group) is 2. The maximum atomic E-state index is 5.75. The summed E-state index contributed by atoms with van der Waals surface area (Å²) in [5.41, 5.74) is 1.24. The Morgan fingerprint density at radius 3 is 2.48 bits per heavy atom. The zero-order valence-corrected chi connectivity index (χ0v) is 14.2. The van der Waals surface area contributed by atoms with Crippen LogP contribution in [-0.4, -0.2) is 64.2 Å². The molecule has 0 fully saturated rings. The molecule has 1 atom stereocenters. The van der Waals surface area contributed by atoms with Gasteiger partial charge >= 0.3 is 0 Å². The van der Waals surface area contributed by atoms with Crippen LogP contribution in [0.25, 0.3) is 0 Å². The number of ether oxygens (including phenoxy) is 1. The molecule has 0 aliphatic rings. The zero-order valence-electron chi connectivity index (χ0n) is 14.2. The van der Waals surface area contributed by atoms with Gasteiger partial charge in [-0.2, -0.15) is 0 Å². The van der Waals surface area contributed by atoms with Crippen molar-refractivity contribution in [2.75, 3.05) is 54.4 Å². The smallest absolute Gasteiger partial charge is 0.124 e. The van der Waals surface area contributed by atoms with Gasteiger partial charge in [-0.05, 0) is 60.7 Å². The van der Waals surface area contributed by atoms with Crippen LogP contribution in [-0.2, 0) is 0 Å². The molecule has 0 saturated carbocycles. The summed E-state index contributed by atoms with van der Waals surface area (Å²) in [6.45, 7) is 5.94. The standard InChI is InChI=1S/C17H31N3O/c1-6-21-17-11-8-7-10-15(17)16(18-2)14-20(5)13-9-12-19(3)4/h7-8,10-11,16,18H,6,9,12-14H2,1-5H3. The van der Waals surface area contributed by atoms with Gasteiger partial charge in [0.15, 0.2) is 0 Å². The first kappa shape index (κ1) is 18.0. The molecule has 0 bridgehead atoms. The first-order valence-corrected chi connectivity index (χ1v) is 7.80. The molecule has 21 heavy (non-hydrogen) atoms. The molecule has 4 heteroatoms. The predicted molar refractivity (Wildman–Crippen MR) is 90.1 cm³/mol. The lowest BCUT2D eigenvalue weighted by Crippen LogP contribution is -2.33. The maximum Gasteiger partial charge on any atom is 0.124 e. The van der Waals surface area contributed by atoms with E-state index in [1.54, 1.807) is 0 Å². The van der Waals surface area contributed by atoms with E-state index < -0.39 is 0 Å². The van der Waals surface area contributed by atoms with E-state index in [9.17, 15) is 0 Å². The van der Waals surface area contributed by atoms with Crippen LogP contribution in [0.5, 0.6) is 5.75 Å². The van der Waals surface area contributed by atoms with Gasteiger partial charge in [0.05, 0.1) is 6.61 Å². The van der Waals surface area contributed by atoms with Crippen LogP contribution >= 0.6 is 0 Å². The molecule has 0 amide bonds. The molecule has 0 aliphatic carbocycles. The molecule has 0 aliphatic heterocycles. The number of para-hydroxylation sites is 1. The molecule has 1 N–H and O–H groups in total. The predicted octanol–water partition coefficient (Wildman–Crippen LogP) is 2.23. The lowest BCUT2D eigenvalue weighted by molar-refractivity contribution is 0.269. The Bertz CT molecular complexity index is 395. The first-order chi connectivity index (χ1) is 10.1. The van der Waals surface area contributed by atoms with Crippen molar-refractivity contribution in [3.63, 3.8) is 0 Å². The highest BCUT2D eigenvalue weighted by Crippen LogP contribution is 2.25. The van der Waals surface area contributed by atoms with Crippen molar-refractivity contribution < 1.29 is 4.74 Å². The molecule has 1 rings (SSSR count). The molecule has 1 unspecified atom stereocenters. The summed E-state index contributed by atoms with van der Waals surface area (Å²) in [6, 6.07) is 8.60. The summed E-state index contributed by atoms with van der Waals surface area (Å²) in [6.07, 6.45) is 1.19. The maximum absolute atomic E-state index is 5.75. The van der Waals surface area contributed by atoms with Gasteiger partial charge in [0.25, 0.3) is 0 Å². The van der Waals surface area contributed by atoms with Crippen LogP contribution in [0.3, 0.4) is 0 Å². The molecular formula is C17H31N3O. The SMILES string of the molecule is CCOc1ccccc1C(CN(C)CCCN(C)C)NC. The Labute approximate surface area is 130 Å². The van der Waals surface area contributed by atoms with Crippen molar-refractivity contribution in [1.82, 2.24) is 15.1 Å². The summed E-state index contributed by atoms with van der Waals surface area (Å²) in [5.74, 6) is 0.987. The average Bonchev–Trinajstić information content (AvgIpc) is 2.45. The van der Waals surface area contributed by atoms with E-state index in [4.69, 9.17) is 4.74 Å². The summed E-state index contributed by atoms with van der Waals surface area (Å²) in [4.78, 5) is 4.61. The van der Waals surface area contributed by atoms with Crippen LogP contribution in [0.4, 0.5) is 0 Å². The lowest BCUT2D eigenvalue weighted by Gasteiger charge is -2.26. The second-order valence-electron chi connectivity index (χ2n) is 5.73. The van der Waals surface area contributed by atoms with Gasteiger partial charge < -0.3 is 19.9 Å². The molecule has 0 aromatic heterocycles. The number of hydrogen-bond acceptors (Lipinski definition) is 4. The third-order valence-corrected chi connectivity index (χ3v) is 3.58. The van der Waals surface area contributed by atoms with Gasteiger partial charge in [-0.1, -0.05) is 18.2 Å². The molecule has 0 radical (unpaired) electrons. The molecule has 1 aromatic rings. The second kappa shape index (κ2) is 9.77. The van der Waals surface area contributed by atoms with Gasteiger partial charge in [0, 0.05) is 18.2 Å².